The lowest BCUT2D eigenvalue weighted by Gasteiger charge is -2.31. The second-order valence-corrected chi connectivity index (χ2v) is 2.27. The molecule has 0 aromatic rings. The number of aliphatic hydroxyl groups is 4. The summed E-state index contributed by atoms with van der Waals surface area (Å²) in [6.07, 6.45) is -5.23. The average molecular weight is 155 g/mol. The fraction of sp³-hybridized carbons (Fsp3) is 1.00. The van der Waals surface area contributed by atoms with Crippen molar-refractivity contribution >= 4 is 0 Å². The van der Waals surface area contributed by atoms with Crippen molar-refractivity contribution in [3.63, 3.8) is 0 Å². The summed E-state index contributed by atoms with van der Waals surface area (Å²) in [6.45, 7) is -0.153. The van der Waals surface area contributed by atoms with Gasteiger partial charge in [0.2, 0.25) is 0 Å². The highest BCUT2D eigenvalue weighted by atomic mass is 16.8. The summed E-state index contributed by atoms with van der Waals surface area (Å²) < 4.78 is 4.47. The first-order chi connectivity index (χ1) is 4.63. The predicted octanol–water partition coefficient (Wildman–Crippen LogP) is -2.58. The molecule has 4 N–H and O–H groups in total. The van der Waals surface area contributed by atoms with Crippen molar-refractivity contribution in [3.8, 4) is 0 Å². The maximum absolute atomic E-state index is 8.88. The van der Waals surface area contributed by atoms with E-state index in [2.05, 4.69) is 4.74 Å². The van der Waals surface area contributed by atoms with E-state index < -0.39 is 24.6 Å². The number of aliphatic hydroxyl groups excluding tert-OH is 4. The van der Waals surface area contributed by atoms with Gasteiger partial charge in [-0.05, 0) is 0 Å². The minimum atomic E-state index is -1.41. The molecule has 0 spiro atoms. The van der Waals surface area contributed by atoms with E-state index in [0.29, 0.717) is 0 Å². The summed E-state index contributed by atoms with van der Waals surface area (Å²) in [6, 6.07) is 0. The molecule has 0 bridgehead atoms. The maximum atomic E-state index is 8.88. The maximum Gasteiger partial charge on any atom is 0.183 e. The number of hydrogen-bond donors (Lipinski definition) is 4. The van der Waals surface area contributed by atoms with Crippen molar-refractivity contribution in [2.24, 2.45) is 0 Å². The molecule has 0 aliphatic carbocycles. The van der Waals surface area contributed by atoms with Gasteiger partial charge in [0.1, 0.15) is 18.3 Å². The Morgan fingerprint density at radius 3 is 2.10 bits per heavy atom. The zero-order valence-electron chi connectivity index (χ0n) is 5.21. The van der Waals surface area contributed by atoms with Crippen LogP contribution in [0.3, 0.4) is 0 Å². The Hall–Kier alpha value is -0.200. The van der Waals surface area contributed by atoms with Gasteiger partial charge in [0, 0.05) is 0 Å². The lowest BCUT2D eigenvalue weighted by Crippen LogP contribution is -2.52. The highest BCUT2D eigenvalue weighted by Gasteiger charge is 2.36. The first kappa shape index (κ1) is 7.90. The van der Waals surface area contributed by atoms with Crippen LogP contribution < -0.4 is 0 Å². The highest BCUT2D eigenvalue weighted by molar-refractivity contribution is 4.81. The van der Waals surface area contributed by atoms with Crippen LogP contribution in [0.4, 0.5) is 0 Å². The van der Waals surface area contributed by atoms with Crippen molar-refractivity contribution in [3.05, 3.63) is 0 Å². The smallest absolute Gasteiger partial charge is 0.183 e. The molecule has 5 heteroatoms. The Kier molecular flexibility index (Phi) is 2.22. The van der Waals surface area contributed by atoms with Gasteiger partial charge < -0.3 is 25.2 Å². The second kappa shape index (κ2) is 2.81. The molecule has 1 unspecified atom stereocenters. The van der Waals surface area contributed by atoms with Gasteiger partial charge in [0.25, 0.3) is 0 Å². The highest BCUT2D eigenvalue weighted by Crippen LogP contribution is 2.12. The zero-order chi connectivity index (χ0) is 7.72. The normalized spacial score (nSPS) is 49.2. The molecule has 5 nitrogen and oxygen atoms in total. The molecule has 10 heavy (non-hydrogen) atoms. The molecule has 1 heterocycles. The van der Waals surface area contributed by atoms with Gasteiger partial charge in [0.15, 0.2) is 6.29 Å². The zero-order valence-corrected chi connectivity index (χ0v) is 5.21. The second-order valence-electron chi connectivity index (χ2n) is 2.27. The molecule has 0 aromatic heterocycles. The molecule has 1 aliphatic heterocycles. The Balaban J connectivity index is 2.52. The van der Waals surface area contributed by atoms with Crippen LogP contribution in [0.2, 0.25) is 0 Å². The molecule has 4 atom stereocenters. The van der Waals surface area contributed by atoms with Gasteiger partial charge >= 0.3 is 0 Å². The minimum absolute atomic E-state index is 0.153. The fourth-order valence-electron chi connectivity index (χ4n) is 0.791. The molecular weight excluding hydrogens is 145 g/mol. The van der Waals surface area contributed by atoms with E-state index in [1.165, 1.54) is 0 Å². The Bertz CT molecular complexity index is 103. The molecule has 0 radical (unpaired) electrons. The van der Waals surface area contributed by atoms with Crippen LogP contribution in [0.15, 0.2) is 0 Å². The molecule has 1 fully saturated rings. The third kappa shape index (κ3) is 1.28. The van der Waals surface area contributed by atoms with Crippen molar-refractivity contribution < 1.29 is 25.2 Å². The molecule has 1 saturated heterocycles. The number of ether oxygens (including phenoxy) is 1. The monoisotopic (exact) mass is 155 g/mol. The van der Waals surface area contributed by atoms with Gasteiger partial charge in [-0.25, -0.2) is 0 Å². The molecule has 1 rings (SSSR count). The van der Waals surface area contributed by atoms with Crippen LogP contribution >= 0.6 is 0 Å². The molecule has 0 saturated carbocycles. The Morgan fingerprint density at radius 2 is 1.60 bits per heavy atom. The molecular formula is C5H10O5. The summed E-state index contributed by atoms with van der Waals surface area (Å²) >= 11 is 0. The lowest BCUT2D eigenvalue weighted by molar-refractivity contribution is -0.252. The third-order valence-corrected chi connectivity index (χ3v) is 1.47. The van der Waals surface area contributed by atoms with Crippen molar-refractivity contribution in [1.82, 2.24) is 0 Å². The van der Waals surface area contributed by atoms with Crippen LogP contribution in [0.5, 0.6) is 0 Å². The Labute approximate surface area is 57.5 Å². The van der Waals surface area contributed by atoms with Crippen LogP contribution in [0, 0.1) is 0 Å². The molecule has 1 aliphatic rings. The van der Waals surface area contributed by atoms with Crippen LogP contribution in [-0.4, -0.2) is 51.6 Å². The quantitative estimate of drug-likeness (QED) is 0.288. The third-order valence-electron chi connectivity index (χ3n) is 1.47. The summed E-state index contributed by atoms with van der Waals surface area (Å²) in [4.78, 5) is 0. The number of hydrogen-bond acceptors (Lipinski definition) is 5. The van der Waals surface area contributed by atoms with Crippen LogP contribution in [0.1, 0.15) is 0 Å². The summed E-state index contributed by atoms with van der Waals surface area (Å²) in [5.41, 5.74) is 0. The molecule has 60 valence electrons. The van der Waals surface area contributed by atoms with E-state index in [-0.39, 0.29) is 6.61 Å². The van der Waals surface area contributed by atoms with E-state index in [0.717, 1.165) is 0 Å². The van der Waals surface area contributed by atoms with Crippen molar-refractivity contribution in [1.29, 1.82) is 0 Å². The molecule has 0 aromatic carbocycles. The standard InChI is InChI=1S/C5H10O5/c6-2-1-10-5(9)4(8)3(2)7/h2-9H,1H2/t2-,3-,4+,5?/m1/s1/i1+1,2+1,3+1,4+1,5+1. The average Bonchev–Trinajstić information content (AvgIpc) is 1.93. The van der Waals surface area contributed by atoms with Crippen LogP contribution in [-0.2, 0) is 4.74 Å². The van der Waals surface area contributed by atoms with Gasteiger partial charge in [-0.15, -0.1) is 0 Å². The minimum Gasteiger partial charge on any atom is -0.388 e. The van der Waals surface area contributed by atoms with E-state index >= 15 is 0 Å². The van der Waals surface area contributed by atoms with Crippen LogP contribution in [0.25, 0.3) is 0 Å². The van der Waals surface area contributed by atoms with Crippen molar-refractivity contribution in [2.75, 3.05) is 6.61 Å². The number of rotatable bonds is 0. The SMILES string of the molecule is O[13CH]1O[13CH2][13C@@H](O)[13C@@H](O)[13C@@H]1O. The summed E-state index contributed by atoms with van der Waals surface area (Å²) in [5.74, 6) is 0. The van der Waals surface area contributed by atoms with Gasteiger partial charge in [-0.1, -0.05) is 0 Å². The van der Waals surface area contributed by atoms with E-state index in [1.54, 1.807) is 0 Å². The summed E-state index contributed by atoms with van der Waals surface area (Å²) in [7, 11) is 0. The van der Waals surface area contributed by atoms with E-state index in [4.69, 9.17) is 20.4 Å². The lowest BCUT2D eigenvalue weighted by atomic mass is 11.0. The fourth-order valence-corrected chi connectivity index (χ4v) is 0.791. The molecule has 0 amide bonds. The van der Waals surface area contributed by atoms with E-state index in [9.17, 15) is 0 Å². The van der Waals surface area contributed by atoms with Crippen molar-refractivity contribution in [2.45, 2.75) is 24.6 Å². The van der Waals surface area contributed by atoms with Gasteiger partial charge in [-0.2, -0.15) is 0 Å². The largest absolute Gasteiger partial charge is 0.388 e. The first-order valence-corrected chi connectivity index (χ1v) is 2.97. The van der Waals surface area contributed by atoms with Gasteiger partial charge in [0.05, 0.1) is 6.61 Å². The first-order valence-electron chi connectivity index (χ1n) is 2.97. The summed E-state index contributed by atoms with van der Waals surface area (Å²) in [5, 5.41) is 35.3. The van der Waals surface area contributed by atoms with E-state index in [1.807, 2.05) is 0 Å². The Morgan fingerprint density at radius 1 is 1.00 bits per heavy atom. The predicted molar refractivity (Wildman–Crippen MR) is 30.0 cm³/mol. The topological polar surface area (TPSA) is 90.2 Å². The van der Waals surface area contributed by atoms with Gasteiger partial charge in [-0.3, -0.25) is 0 Å².